The van der Waals surface area contributed by atoms with Gasteiger partial charge in [0.25, 0.3) is 5.22 Å². The number of anilines is 1. The lowest BCUT2D eigenvalue weighted by atomic mass is 10.2. The summed E-state index contributed by atoms with van der Waals surface area (Å²) in [7, 11) is 0. The van der Waals surface area contributed by atoms with Crippen LogP contribution in [0.25, 0.3) is 11.3 Å². The van der Waals surface area contributed by atoms with Gasteiger partial charge < -0.3 is 9.73 Å². The summed E-state index contributed by atoms with van der Waals surface area (Å²) in [6.07, 6.45) is 1.62. The highest BCUT2D eigenvalue weighted by atomic mass is 79.9. The van der Waals surface area contributed by atoms with Crippen molar-refractivity contribution in [2.45, 2.75) is 5.22 Å². The smallest absolute Gasteiger partial charge is 0.256 e. The second kappa shape index (κ2) is 7.63. The van der Waals surface area contributed by atoms with Gasteiger partial charge in [-0.1, -0.05) is 58.0 Å². The van der Waals surface area contributed by atoms with Gasteiger partial charge in [-0.15, -0.1) is 0 Å². The minimum Gasteiger partial charge on any atom is -0.431 e. The minimum atomic E-state index is -0.495. The zero-order valence-corrected chi connectivity index (χ0v) is 14.7. The maximum Gasteiger partial charge on any atom is 0.256 e. The number of halogens is 2. The number of amides is 1. The SMILES string of the molecule is O=C(CSc1ncc(-c2ccccc2)o1)Nc1ccc(Br)cc1F. The van der Waals surface area contributed by atoms with Crippen LogP contribution in [0.3, 0.4) is 0 Å². The summed E-state index contributed by atoms with van der Waals surface area (Å²) in [5.41, 5.74) is 1.06. The topological polar surface area (TPSA) is 55.1 Å². The third kappa shape index (κ3) is 4.24. The first-order valence-corrected chi connectivity index (χ1v) is 8.78. The van der Waals surface area contributed by atoms with Crippen LogP contribution in [0, 0.1) is 5.82 Å². The maximum atomic E-state index is 13.7. The van der Waals surface area contributed by atoms with Gasteiger partial charge in [0.05, 0.1) is 17.6 Å². The average molecular weight is 407 g/mol. The van der Waals surface area contributed by atoms with Crippen LogP contribution >= 0.6 is 27.7 Å². The first-order chi connectivity index (χ1) is 11.6. The number of hydrogen-bond acceptors (Lipinski definition) is 4. The molecule has 122 valence electrons. The van der Waals surface area contributed by atoms with E-state index in [1.54, 1.807) is 12.3 Å². The lowest BCUT2D eigenvalue weighted by molar-refractivity contribution is -0.113. The average Bonchev–Trinajstić information content (AvgIpc) is 3.05. The standard InChI is InChI=1S/C17H12BrFN2O2S/c18-12-6-7-14(13(19)8-12)21-16(22)10-24-17-20-9-15(23-17)11-4-2-1-3-5-11/h1-9H,10H2,(H,21,22). The fourth-order valence-electron chi connectivity index (χ4n) is 1.97. The monoisotopic (exact) mass is 406 g/mol. The Balaban J connectivity index is 1.58. The summed E-state index contributed by atoms with van der Waals surface area (Å²) in [5, 5.41) is 2.91. The third-order valence-electron chi connectivity index (χ3n) is 3.07. The molecule has 0 radical (unpaired) electrons. The molecule has 1 heterocycles. The molecule has 3 aromatic rings. The third-order valence-corrected chi connectivity index (χ3v) is 4.41. The molecular weight excluding hydrogens is 395 g/mol. The molecule has 1 aromatic heterocycles. The zero-order valence-electron chi connectivity index (χ0n) is 12.3. The molecule has 2 aromatic carbocycles. The molecule has 0 bridgehead atoms. The van der Waals surface area contributed by atoms with Gasteiger partial charge in [0.1, 0.15) is 5.82 Å². The number of nitrogens with zero attached hydrogens (tertiary/aromatic N) is 1. The van der Waals surface area contributed by atoms with Crippen molar-refractivity contribution in [3.8, 4) is 11.3 Å². The Morgan fingerprint density at radius 1 is 1.25 bits per heavy atom. The number of rotatable bonds is 5. The quantitative estimate of drug-likeness (QED) is 0.607. The fraction of sp³-hybridized carbons (Fsp3) is 0.0588. The van der Waals surface area contributed by atoms with Crippen LogP contribution < -0.4 is 5.32 Å². The van der Waals surface area contributed by atoms with E-state index in [9.17, 15) is 9.18 Å². The lowest BCUT2D eigenvalue weighted by Gasteiger charge is -2.05. The molecular formula is C17H12BrFN2O2S. The zero-order chi connectivity index (χ0) is 16.9. The Morgan fingerprint density at radius 3 is 2.79 bits per heavy atom. The number of benzene rings is 2. The van der Waals surface area contributed by atoms with E-state index in [0.29, 0.717) is 15.5 Å². The van der Waals surface area contributed by atoms with E-state index in [0.717, 1.165) is 17.3 Å². The van der Waals surface area contributed by atoms with Crippen molar-refractivity contribution >= 4 is 39.3 Å². The van der Waals surface area contributed by atoms with Gasteiger partial charge in [-0.2, -0.15) is 0 Å². The number of carbonyl (C=O) groups excluding carboxylic acids is 1. The van der Waals surface area contributed by atoms with E-state index in [2.05, 4.69) is 26.2 Å². The largest absolute Gasteiger partial charge is 0.431 e. The minimum absolute atomic E-state index is 0.0737. The highest BCUT2D eigenvalue weighted by Gasteiger charge is 2.11. The molecule has 0 saturated heterocycles. The maximum absolute atomic E-state index is 13.7. The number of thioether (sulfide) groups is 1. The predicted octanol–water partition coefficient (Wildman–Crippen LogP) is 4.97. The molecule has 0 aliphatic carbocycles. The van der Waals surface area contributed by atoms with Gasteiger partial charge in [-0.3, -0.25) is 4.79 Å². The van der Waals surface area contributed by atoms with Gasteiger partial charge in [0.2, 0.25) is 5.91 Å². The highest BCUT2D eigenvalue weighted by molar-refractivity contribution is 9.10. The lowest BCUT2D eigenvalue weighted by Crippen LogP contribution is -2.15. The first-order valence-electron chi connectivity index (χ1n) is 7.01. The molecule has 24 heavy (non-hydrogen) atoms. The Morgan fingerprint density at radius 2 is 2.04 bits per heavy atom. The first kappa shape index (κ1) is 16.7. The number of carbonyl (C=O) groups is 1. The Kier molecular flexibility index (Phi) is 5.32. The van der Waals surface area contributed by atoms with E-state index >= 15 is 0 Å². The summed E-state index contributed by atoms with van der Waals surface area (Å²) >= 11 is 4.32. The van der Waals surface area contributed by atoms with Crippen molar-refractivity contribution in [2.75, 3.05) is 11.1 Å². The van der Waals surface area contributed by atoms with Crippen LogP contribution in [0.5, 0.6) is 0 Å². The van der Waals surface area contributed by atoms with Crippen molar-refractivity contribution in [1.29, 1.82) is 0 Å². The van der Waals surface area contributed by atoms with Gasteiger partial charge in [0, 0.05) is 10.0 Å². The molecule has 7 heteroatoms. The number of hydrogen-bond donors (Lipinski definition) is 1. The number of oxazole rings is 1. The van der Waals surface area contributed by atoms with E-state index in [1.165, 1.54) is 12.1 Å². The predicted molar refractivity (Wildman–Crippen MR) is 95.4 cm³/mol. The van der Waals surface area contributed by atoms with Gasteiger partial charge in [-0.05, 0) is 18.2 Å². The van der Waals surface area contributed by atoms with Gasteiger partial charge >= 0.3 is 0 Å². The van der Waals surface area contributed by atoms with Crippen LogP contribution in [-0.4, -0.2) is 16.6 Å². The number of nitrogens with one attached hydrogen (secondary N) is 1. The van der Waals surface area contributed by atoms with Crippen molar-refractivity contribution in [3.05, 3.63) is 65.0 Å². The molecule has 0 unspecified atom stereocenters. The summed E-state index contributed by atoms with van der Waals surface area (Å²) in [6.45, 7) is 0. The van der Waals surface area contributed by atoms with E-state index < -0.39 is 5.82 Å². The van der Waals surface area contributed by atoms with Crippen molar-refractivity contribution < 1.29 is 13.6 Å². The summed E-state index contributed by atoms with van der Waals surface area (Å²) in [4.78, 5) is 16.1. The Labute approximate surface area is 150 Å². The van der Waals surface area contributed by atoms with Crippen LogP contribution in [0.4, 0.5) is 10.1 Å². The molecule has 3 rings (SSSR count). The molecule has 0 aliphatic heterocycles. The highest BCUT2D eigenvalue weighted by Crippen LogP contribution is 2.25. The molecule has 1 N–H and O–H groups in total. The molecule has 0 fully saturated rings. The summed E-state index contributed by atoms with van der Waals surface area (Å²) < 4.78 is 19.9. The summed E-state index contributed by atoms with van der Waals surface area (Å²) in [5.74, 6) is -0.118. The van der Waals surface area contributed by atoms with Crippen LogP contribution in [0.15, 0.2) is 68.8 Å². The Hall–Kier alpha value is -2.12. The second-order valence-electron chi connectivity index (χ2n) is 4.82. The van der Waals surface area contributed by atoms with Crippen LogP contribution in [0.1, 0.15) is 0 Å². The molecule has 0 aliphatic rings. The van der Waals surface area contributed by atoms with E-state index in [4.69, 9.17) is 4.42 Å². The fourth-order valence-corrected chi connectivity index (χ4v) is 2.90. The molecule has 1 amide bonds. The Bertz CT molecular complexity index is 855. The summed E-state index contributed by atoms with van der Waals surface area (Å²) in [6, 6.07) is 14.0. The second-order valence-corrected chi connectivity index (χ2v) is 6.66. The molecule has 4 nitrogen and oxygen atoms in total. The molecule has 0 atom stereocenters. The van der Waals surface area contributed by atoms with Crippen LogP contribution in [0.2, 0.25) is 0 Å². The normalized spacial score (nSPS) is 10.6. The molecule has 0 spiro atoms. The van der Waals surface area contributed by atoms with Crippen LogP contribution in [-0.2, 0) is 4.79 Å². The van der Waals surface area contributed by atoms with Crippen molar-refractivity contribution in [1.82, 2.24) is 4.98 Å². The van der Waals surface area contributed by atoms with Crippen molar-refractivity contribution in [2.24, 2.45) is 0 Å². The molecule has 0 saturated carbocycles. The van der Waals surface area contributed by atoms with Crippen molar-refractivity contribution in [3.63, 3.8) is 0 Å². The van der Waals surface area contributed by atoms with E-state index in [-0.39, 0.29) is 17.3 Å². The van der Waals surface area contributed by atoms with E-state index in [1.807, 2.05) is 30.3 Å². The van der Waals surface area contributed by atoms with Gasteiger partial charge in [0.15, 0.2) is 5.76 Å². The number of aromatic nitrogens is 1. The van der Waals surface area contributed by atoms with Gasteiger partial charge in [-0.25, -0.2) is 9.37 Å².